The number of hydrogen-bond donors (Lipinski definition) is 3. The number of guanidine groups is 1. The van der Waals surface area contributed by atoms with Gasteiger partial charge in [-0.1, -0.05) is 48.9 Å². The molecule has 1 fully saturated rings. The standard InChI is InChI=1S/C23H29FN4O.HI/c1-25-22(28-17-23(11-6-12-23)19-8-3-2-4-9-19)27-14-13-26-21(29)16-18-7-5-10-20(24)15-18;/h2-5,7-10,15H,6,11-14,16-17H2,1H3,(H,26,29)(H2,25,27,28);1H. The van der Waals surface area contributed by atoms with Crippen LogP contribution in [-0.2, 0) is 16.6 Å². The van der Waals surface area contributed by atoms with Gasteiger partial charge < -0.3 is 16.0 Å². The zero-order chi connectivity index (χ0) is 20.5. The molecule has 0 spiro atoms. The number of hydrogen-bond acceptors (Lipinski definition) is 2. The van der Waals surface area contributed by atoms with Crippen LogP contribution in [0.15, 0.2) is 59.6 Å². The fourth-order valence-corrected chi connectivity index (χ4v) is 3.71. The molecule has 0 saturated heterocycles. The third-order valence-electron chi connectivity index (χ3n) is 5.51. The van der Waals surface area contributed by atoms with Crippen LogP contribution in [-0.4, -0.2) is 38.5 Å². The van der Waals surface area contributed by atoms with Gasteiger partial charge in [0.1, 0.15) is 5.82 Å². The van der Waals surface area contributed by atoms with Gasteiger partial charge in [0.05, 0.1) is 6.42 Å². The second-order valence-corrected chi connectivity index (χ2v) is 7.51. The van der Waals surface area contributed by atoms with Crippen molar-refractivity contribution in [3.8, 4) is 0 Å². The number of rotatable bonds is 8. The van der Waals surface area contributed by atoms with E-state index >= 15 is 0 Å². The van der Waals surface area contributed by atoms with Crippen molar-refractivity contribution in [3.63, 3.8) is 0 Å². The van der Waals surface area contributed by atoms with Gasteiger partial charge in [0.15, 0.2) is 5.96 Å². The van der Waals surface area contributed by atoms with E-state index in [9.17, 15) is 9.18 Å². The monoisotopic (exact) mass is 524 g/mol. The van der Waals surface area contributed by atoms with Crippen molar-refractivity contribution in [2.45, 2.75) is 31.1 Å². The number of nitrogens with zero attached hydrogens (tertiary/aromatic N) is 1. The molecule has 0 bridgehead atoms. The zero-order valence-electron chi connectivity index (χ0n) is 17.3. The first kappa shape index (κ1) is 24.1. The van der Waals surface area contributed by atoms with E-state index in [1.54, 1.807) is 19.2 Å². The lowest BCUT2D eigenvalue weighted by atomic mass is 9.64. The molecule has 1 saturated carbocycles. The van der Waals surface area contributed by atoms with Crippen LogP contribution in [0.4, 0.5) is 4.39 Å². The summed E-state index contributed by atoms with van der Waals surface area (Å²) in [6.45, 7) is 1.87. The molecule has 162 valence electrons. The predicted octanol–water partition coefficient (Wildman–Crippen LogP) is 3.39. The quantitative estimate of drug-likeness (QED) is 0.215. The highest BCUT2D eigenvalue weighted by atomic mass is 127. The van der Waals surface area contributed by atoms with Gasteiger partial charge in [-0.15, -0.1) is 24.0 Å². The molecule has 0 heterocycles. The Kier molecular flexibility index (Phi) is 9.55. The molecule has 3 rings (SSSR count). The predicted molar refractivity (Wildman–Crippen MR) is 130 cm³/mol. The number of nitrogens with one attached hydrogen (secondary N) is 3. The van der Waals surface area contributed by atoms with Gasteiger partial charge in [-0.25, -0.2) is 4.39 Å². The van der Waals surface area contributed by atoms with E-state index in [1.165, 1.54) is 37.0 Å². The first-order valence-corrected chi connectivity index (χ1v) is 10.1. The van der Waals surface area contributed by atoms with E-state index < -0.39 is 0 Å². The summed E-state index contributed by atoms with van der Waals surface area (Å²) in [4.78, 5) is 16.3. The maximum absolute atomic E-state index is 13.2. The third kappa shape index (κ3) is 6.68. The highest BCUT2D eigenvalue weighted by Crippen LogP contribution is 2.43. The molecule has 1 aliphatic carbocycles. The fourth-order valence-electron chi connectivity index (χ4n) is 3.71. The van der Waals surface area contributed by atoms with Gasteiger partial charge in [0.2, 0.25) is 5.91 Å². The molecule has 5 nitrogen and oxygen atoms in total. The van der Waals surface area contributed by atoms with Crippen molar-refractivity contribution >= 4 is 35.8 Å². The summed E-state index contributed by atoms with van der Waals surface area (Å²) in [5.74, 6) is 0.274. The SMILES string of the molecule is CN=C(NCCNC(=O)Cc1cccc(F)c1)NCC1(c2ccccc2)CCC1.I. The van der Waals surface area contributed by atoms with E-state index in [0.717, 1.165) is 12.5 Å². The Morgan fingerprint density at radius 1 is 1.03 bits per heavy atom. The van der Waals surface area contributed by atoms with Crippen molar-refractivity contribution in [2.75, 3.05) is 26.7 Å². The summed E-state index contributed by atoms with van der Waals surface area (Å²) in [5.41, 5.74) is 2.22. The van der Waals surface area contributed by atoms with Crippen LogP contribution in [0.25, 0.3) is 0 Å². The van der Waals surface area contributed by atoms with Crippen molar-refractivity contribution < 1.29 is 9.18 Å². The maximum Gasteiger partial charge on any atom is 0.224 e. The molecule has 30 heavy (non-hydrogen) atoms. The number of aliphatic imine (C=N–C) groups is 1. The molecule has 7 heteroatoms. The fraction of sp³-hybridized carbons (Fsp3) is 0.391. The molecule has 0 aromatic heterocycles. The Labute approximate surface area is 195 Å². The third-order valence-corrected chi connectivity index (χ3v) is 5.51. The first-order valence-electron chi connectivity index (χ1n) is 10.1. The number of amides is 1. The van der Waals surface area contributed by atoms with E-state index in [4.69, 9.17) is 0 Å². The van der Waals surface area contributed by atoms with Crippen LogP contribution in [0, 0.1) is 5.82 Å². The Morgan fingerprint density at radius 3 is 2.40 bits per heavy atom. The normalized spacial score (nSPS) is 14.8. The topological polar surface area (TPSA) is 65.5 Å². The Bertz CT molecular complexity index is 840. The van der Waals surface area contributed by atoms with Gasteiger partial charge in [-0.3, -0.25) is 9.79 Å². The van der Waals surface area contributed by atoms with Crippen LogP contribution < -0.4 is 16.0 Å². The lowest BCUT2D eigenvalue weighted by Crippen LogP contribution is -2.49. The minimum atomic E-state index is -0.327. The average Bonchev–Trinajstić information content (AvgIpc) is 2.69. The molecule has 2 aromatic rings. The molecule has 2 aromatic carbocycles. The Balaban J connectivity index is 0.00000320. The molecular formula is C23H30FIN4O. The van der Waals surface area contributed by atoms with E-state index in [0.29, 0.717) is 18.7 Å². The molecule has 3 N–H and O–H groups in total. The summed E-state index contributed by atoms with van der Waals surface area (Å²) in [6, 6.07) is 16.7. The van der Waals surface area contributed by atoms with Crippen LogP contribution in [0.2, 0.25) is 0 Å². The number of benzene rings is 2. The molecule has 1 aliphatic rings. The van der Waals surface area contributed by atoms with E-state index in [1.807, 2.05) is 6.07 Å². The van der Waals surface area contributed by atoms with Crippen molar-refractivity contribution in [3.05, 3.63) is 71.5 Å². The number of carbonyl (C=O) groups excluding carboxylic acids is 1. The lowest BCUT2D eigenvalue weighted by molar-refractivity contribution is -0.120. The van der Waals surface area contributed by atoms with Gasteiger partial charge in [-0.05, 0) is 36.1 Å². The Hall–Kier alpha value is -2.16. The second-order valence-electron chi connectivity index (χ2n) is 7.51. The van der Waals surface area contributed by atoms with Crippen LogP contribution in [0.5, 0.6) is 0 Å². The molecular weight excluding hydrogens is 494 g/mol. The maximum atomic E-state index is 13.2. The highest BCUT2D eigenvalue weighted by Gasteiger charge is 2.38. The summed E-state index contributed by atoms with van der Waals surface area (Å²) in [6.07, 6.45) is 3.78. The van der Waals surface area contributed by atoms with Crippen molar-refractivity contribution in [1.29, 1.82) is 0 Å². The van der Waals surface area contributed by atoms with Gasteiger partial charge in [-0.2, -0.15) is 0 Å². The van der Waals surface area contributed by atoms with Crippen LogP contribution >= 0.6 is 24.0 Å². The van der Waals surface area contributed by atoms with Crippen molar-refractivity contribution in [1.82, 2.24) is 16.0 Å². The second kappa shape index (κ2) is 11.9. The number of halogens is 2. The van der Waals surface area contributed by atoms with Crippen LogP contribution in [0.1, 0.15) is 30.4 Å². The molecule has 0 aliphatic heterocycles. The largest absolute Gasteiger partial charge is 0.356 e. The van der Waals surface area contributed by atoms with E-state index in [-0.39, 0.29) is 47.5 Å². The Morgan fingerprint density at radius 2 is 1.77 bits per heavy atom. The summed E-state index contributed by atoms with van der Waals surface area (Å²) in [7, 11) is 1.74. The molecule has 0 radical (unpaired) electrons. The van der Waals surface area contributed by atoms with Crippen molar-refractivity contribution in [2.24, 2.45) is 4.99 Å². The zero-order valence-corrected chi connectivity index (χ0v) is 19.6. The van der Waals surface area contributed by atoms with E-state index in [2.05, 4.69) is 45.2 Å². The van der Waals surface area contributed by atoms with Gasteiger partial charge in [0.25, 0.3) is 0 Å². The molecule has 0 unspecified atom stereocenters. The van der Waals surface area contributed by atoms with Crippen LogP contribution in [0.3, 0.4) is 0 Å². The minimum absolute atomic E-state index is 0. The number of carbonyl (C=O) groups is 1. The summed E-state index contributed by atoms with van der Waals surface area (Å²) in [5, 5.41) is 9.51. The minimum Gasteiger partial charge on any atom is -0.356 e. The first-order chi connectivity index (χ1) is 14.1. The van der Waals surface area contributed by atoms with Gasteiger partial charge in [0, 0.05) is 32.1 Å². The summed E-state index contributed by atoms with van der Waals surface area (Å²) >= 11 is 0. The lowest BCUT2D eigenvalue weighted by Gasteiger charge is -2.43. The average molecular weight is 524 g/mol. The molecule has 0 atom stereocenters. The molecule has 1 amide bonds. The summed E-state index contributed by atoms with van der Waals surface area (Å²) < 4.78 is 13.2. The highest BCUT2D eigenvalue weighted by molar-refractivity contribution is 14.0. The smallest absolute Gasteiger partial charge is 0.224 e. The van der Waals surface area contributed by atoms with Gasteiger partial charge >= 0.3 is 0 Å².